The summed E-state index contributed by atoms with van der Waals surface area (Å²) in [6.07, 6.45) is 0. The number of benzene rings is 2. The van der Waals surface area contributed by atoms with Crippen LogP contribution in [0.15, 0.2) is 53.5 Å². The molecule has 6 nitrogen and oxygen atoms in total. The Balaban J connectivity index is 2.08. The van der Waals surface area contributed by atoms with Crippen molar-refractivity contribution in [1.82, 2.24) is 15.4 Å². The number of rotatable bonds is 10. The van der Waals surface area contributed by atoms with Crippen LogP contribution >= 0.6 is 0 Å². The molecular formula is C24H36N4O2S. The van der Waals surface area contributed by atoms with Gasteiger partial charge in [0.1, 0.15) is 0 Å². The van der Waals surface area contributed by atoms with Gasteiger partial charge >= 0.3 is 0 Å². The summed E-state index contributed by atoms with van der Waals surface area (Å²) in [4.78, 5) is 4.70. The first-order valence-corrected chi connectivity index (χ1v) is 12.5. The maximum atomic E-state index is 12.4. The Morgan fingerprint density at radius 1 is 1.00 bits per heavy atom. The van der Waals surface area contributed by atoms with Crippen molar-refractivity contribution in [2.24, 2.45) is 4.99 Å². The van der Waals surface area contributed by atoms with Crippen molar-refractivity contribution < 1.29 is 8.42 Å². The zero-order valence-corrected chi connectivity index (χ0v) is 20.1. The summed E-state index contributed by atoms with van der Waals surface area (Å²) in [6.45, 7) is 11.9. The number of sulfonamides is 1. The Morgan fingerprint density at radius 3 is 2.35 bits per heavy atom. The van der Waals surface area contributed by atoms with Crippen LogP contribution in [0.4, 0.5) is 0 Å². The fourth-order valence-electron chi connectivity index (χ4n) is 3.31. The van der Waals surface area contributed by atoms with Crippen LogP contribution in [0.25, 0.3) is 0 Å². The second-order valence-corrected chi connectivity index (χ2v) is 9.95. The van der Waals surface area contributed by atoms with E-state index in [1.807, 2.05) is 45.0 Å². The Hall–Kier alpha value is -2.38. The van der Waals surface area contributed by atoms with Crippen LogP contribution in [0.1, 0.15) is 55.9 Å². The monoisotopic (exact) mass is 444 g/mol. The average Bonchev–Trinajstić information content (AvgIpc) is 2.69. The SMILES string of the molecule is CCNC(=NCc1ccccc1CS(=O)(=O)NC(C)C)NCC(C)c1cccc(C)c1. The van der Waals surface area contributed by atoms with Gasteiger partial charge in [-0.3, -0.25) is 0 Å². The third-order valence-electron chi connectivity index (χ3n) is 4.82. The molecule has 0 radical (unpaired) electrons. The van der Waals surface area contributed by atoms with E-state index in [1.165, 1.54) is 11.1 Å². The van der Waals surface area contributed by atoms with Crippen LogP contribution in [0.5, 0.6) is 0 Å². The standard InChI is InChI=1S/C24H36N4O2S/c1-6-25-24(26-15-20(5)21-13-9-10-19(4)14-21)27-16-22-11-7-8-12-23(22)17-31(29,30)28-18(2)3/h7-14,18,20,28H,6,15-17H2,1-5H3,(H2,25,26,27). The highest BCUT2D eigenvalue weighted by atomic mass is 32.2. The quantitative estimate of drug-likeness (QED) is 0.386. The van der Waals surface area contributed by atoms with E-state index < -0.39 is 10.0 Å². The summed E-state index contributed by atoms with van der Waals surface area (Å²) in [5.74, 6) is 1.01. The van der Waals surface area contributed by atoms with E-state index in [9.17, 15) is 8.42 Å². The molecule has 7 heteroatoms. The van der Waals surface area contributed by atoms with Crippen LogP contribution < -0.4 is 15.4 Å². The smallest absolute Gasteiger partial charge is 0.216 e. The molecule has 1 atom stereocenters. The Kier molecular flexibility index (Phi) is 9.52. The second kappa shape index (κ2) is 11.9. The van der Waals surface area contributed by atoms with Crippen molar-refractivity contribution in [3.05, 3.63) is 70.8 Å². The molecule has 0 aliphatic rings. The molecule has 31 heavy (non-hydrogen) atoms. The summed E-state index contributed by atoms with van der Waals surface area (Å²) in [7, 11) is -3.39. The molecule has 0 amide bonds. The average molecular weight is 445 g/mol. The predicted octanol–water partition coefficient (Wildman–Crippen LogP) is 3.68. The van der Waals surface area contributed by atoms with Crippen molar-refractivity contribution in [3.8, 4) is 0 Å². The number of hydrogen-bond donors (Lipinski definition) is 3. The Labute approximate surface area is 187 Å². The second-order valence-electron chi connectivity index (χ2n) is 8.19. The number of nitrogens with zero attached hydrogens (tertiary/aromatic N) is 1. The van der Waals surface area contributed by atoms with Crippen molar-refractivity contribution in [2.45, 2.75) is 58.9 Å². The molecule has 170 valence electrons. The zero-order valence-electron chi connectivity index (χ0n) is 19.3. The Morgan fingerprint density at radius 2 is 1.71 bits per heavy atom. The minimum Gasteiger partial charge on any atom is -0.357 e. The van der Waals surface area contributed by atoms with E-state index in [0.29, 0.717) is 12.5 Å². The minimum absolute atomic E-state index is 0.0504. The number of guanidine groups is 1. The number of aryl methyl sites for hydroxylation is 1. The lowest BCUT2D eigenvalue weighted by atomic mass is 9.99. The Bertz CT molecular complexity index is 971. The van der Waals surface area contributed by atoms with Crippen molar-refractivity contribution in [2.75, 3.05) is 13.1 Å². The summed E-state index contributed by atoms with van der Waals surface area (Å²) in [5, 5.41) is 6.68. The molecule has 2 aromatic carbocycles. The zero-order chi connectivity index (χ0) is 22.9. The van der Waals surface area contributed by atoms with Gasteiger partial charge in [-0.15, -0.1) is 0 Å². The van der Waals surface area contributed by atoms with Crippen LogP contribution in [0.3, 0.4) is 0 Å². The lowest BCUT2D eigenvalue weighted by Crippen LogP contribution is -2.39. The molecule has 0 bridgehead atoms. The van der Waals surface area contributed by atoms with E-state index in [2.05, 4.69) is 53.5 Å². The van der Waals surface area contributed by atoms with Gasteiger partial charge < -0.3 is 10.6 Å². The molecule has 0 spiro atoms. The van der Waals surface area contributed by atoms with Crippen molar-refractivity contribution >= 4 is 16.0 Å². The molecular weight excluding hydrogens is 408 g/mol. The first-order valence-electron chi connectivity index (χ1n) is 10.9. The van der Waals surface area contributed by atoms with Gasteiger partial charge in [0.25, 0.3) is 0 Å². The van der Waals surface area contributed by atoms with Gasteiger partial charge in [-0.2, -0.15) is 0 Å². The van der Waals surface area contributed by atoms with Crippen LogP contribution in [0.2, 0.25) is 0 Å². The third-order valence-corrected chi connectivity index (χ3v) is 6.34. The summed E-state index contributed by atoms with van der Waals surface area (Å²) < 4.78 is 27.4. The van der Waals surface area contributed by atoms with Gasteiger partial charge in [0.2, 0.25) is 10.0 Å². The van der Waals surface area contributed by atoms with E-state index in [0.717, 1.165) is 30.2 Å². The first kappa shape index (κ1) is 24.9. The number of nitrogens with one attached hydrogen (secondary N) is 3. The lowest BCUT2D eigenvalue weighted by Gasteiger charge is -2.17. The van der Waals surface area contributed by atoms with Crippen LogP contribution in [-0.4, -0.2) is 33.5 Å². The highest BCUT2D eigenvalue weighted by Crippen LogP contribution is 2.16. The maximum absolute atomic E-state index is 12.4. The lowest BCUT2D eigenvalue weighted by molar-refractivity contribution is 0.569. The summed E-state index contributed by atoms with van der Waals surface area (Å²) in [5.41, 5.74) is 4.21. The van der Waals surface area contributed by atoms with Crippen molar-refractivity contribution in [1.29, 1.82) is 0 Å². The largest absolute Gasteiger partial charge is 0.357 e. The van der Waals surface area contributed by atoms with E-state index in [1.54, 1.807) is 0 Å². The van der Waals surface area contributed by atoms with E-state index >= 15 is 0 Å². The van der Waals surface area contributed by atoms with E-state index in [4.69, 9.17) is 4.99 Å². The van der Waals surface area contributed by atoms with Gasteiger partial charge in [-0.05, 0) is 50.3 Å². The molecule has 1 unspecified atom stereocenters. The van der Waals surface area contributed by atoms with Crippen molar-refractivity contribution in [3.63, 3.8) is 0 Å². The normalized spacial score (nSPS) is 13.3. The number of aliphatic imine (C=N–C) groups is 1. The van der Waals surface area contributed by atoms with E-state index in [-0.39, 0.29) is 11.8 Å². The van der Waals surface area contributed by atoms with Gasteiger partial charge in [-0.1, -0.05) is 61.0 Å². The van der Waals surface area contributed by atoms with Gasteiger partial charge in [0.05, 0.1) is 12.3 Å². The molecule has 0 aliphatic carbocycles. The van der Waals surface area contributed by atoms with Crippen LogP contribution in [-0.2, 0) is 22.3 Å². The molecule has 3 N–H and O–H groups in total. The van der Waals surface area contributed by atoms with Gasteiger partial charge in [-0.25, -0.2) is 18.1 Å². The third kappa shape index (κ3) is 8.71. The van der Waals surface area contributed by atoms with Gasteiger partial charge in [0.15, 0.2) is 5.96 Å². The number of hydrogen-bond acceptors (Lipinski definition) is 3. The molecule has 2 aromatic rings. The molecule has 0 aromatic heterocycles. The van der Waals surface area contributed by atoms with Crippen LogP contribution in [0, 0.1) is 6.92 Å². The summed E-state index contributed by atoms with van der Waals surface area (Å²) >= 11 is 0. The maximum Gasteiger partial charge on any atom is 0.216 e. The predicted molar refractivity (Wildman–Crippen MR) is 130 cm³/mol. The highest BCUT2D eigenvalue weighted by molar-refractivity contribution is 7.88. The van der Waals surface area contributed by atoms with Gasteiger partial charge in [0, 0.05) is 19.1 Å². The topological polar surface area (TPSA) is 82.6 Å². The first-order chi connectivity index (χ1) is 14.7. The highest BCUT2D eigenvalue weighted by Gasteiger charge is 2.15. The summed E-state index contributed by atoms with van der Waals surface area (Å²) in [6, 6.07) is 16.0. The molecule has 0 heterocycles. The molecule has 0 fully saturated rings. The fraction of sp³-hybridized carbons (Fsp3) is 0.458. The minimum atomic E-state index is -3.39. The molecule has 0 aliphatic heterocycles. The fourth-order valence-corrected chi connectivity index (χ4v) is 4.80. The molecule has 2 rings (SSSR count). The molecule has 0 saturated carbocycles. The molecule has 0 saturated heterocycles.